The van der Waals surface area contributed by atoms with Gasteiger partial charge in [0.2, 0.25) is 0 Å². The van der Waals surface area contributed by atoms with Crippen LogP contribution in [0.2, 0.25) is 0 Å². The molecule has 0 aromatic heterocycles. The van der Waals surface area contributed by atoms with Gasteiger partial charge in [-0.2, -0.15) is 0 Å². The third kappa shape index (κ3) is 4.95. The molecular formula is C16H24N2O2S. The van der Waals surface area contributed by atoms with Crippen LogP contribution in [0.25, 0.3) is 0 Å². The molecule has 0 saturated carbocycles. The van der Waals surface area contributed by atoms with Gasteiger partial charge in [0.1, 0.15) is 23.4 Å². The average molecular weight is 308 g/mol. The van der Waals surface area contributed by atoms with Crippen LogP contribution in [0.3, 0.4) is 0 Å². The number of nitrogens with zero attached hydrogens (tertiary/aromatic N) is 1. The van der Waals surface area contributed by atoms with Crippen LogP contribution in [0.4, 0.5) is 0 Å². The summed E-state index contributed by atoms with van der Waals surface area (Å²) in [6.45, 7) is 4.23. The van der Waals surface area contributed by atoms with Gasteiger partial charge in [-0.1, -0.05) is 30.8 Å². The van der Waals surface area contributed by atoms with Crippen LogP contribution in [0.5, 0.6) is 5.75 Å². The predicted octanol–water partition coefficient (Wildman–Crippen LogP) is 1.93. The van der Waals surface area contributed by atoms with E-state index < -0.39 is 6.10 Å². The minimum atomic E-state index is -0.487. The van der Waals surface area contributed by atoms with Gasteiger partial charge in [-0.05, 0) is 38.4 Å². The number of hydrogen-bond donors (Lipinski definition) is 2. The van der Waals surface area contributed by atoms with Gasteiger partial charge in [0, 0.05) is 18.2 Å². The van der Waals surface area contributed by atoms with E-state index in [0.717, 1.165) is 12.1 Å². The van der Waals surface area contributed by atoms with E-state index >= 15 is 0 Å². The summed E-state index contributed by atoms with van der Waals surface area (Å²) in [4.78, 5) is 2.69. The molecule has 2 rings (SSSR count). The number of aliphatic hydroxyl groups excluding tert-OH is 1. The summed E-state index contributed by atoms with van der Waals surface area (Å²) < 4.78 is 5.64. The second-order valence-electron chi connectivity index (χ2n) is 5.70. The second-order valence-corrected chi connectivity index (χ2v) is 6.14. The third-order valence-corrected chi connectivity index (χ3v) is 4.18. The first-order valence-corrected chi connectivity index (χ1v) is 7.92. The lowest BCUT2D eigenvalue weighted by Crippen LogP contribution is -2.43. The molecule has 0 bridgehead atoms. The number of benzene rings is 1. The smallest absolute Gasteiger partial charge is 0.120 e. The summed E-state index contributed by atoms with van der Waals surface area (Å²) >= 11 is 4.94. The number of piperidine rings is 1. The molecule has 1 aliphatic heterocycles. The van der Waals surface area contributed by atoms with E-state index in [9.17, 15) is 5.11 Å². The molecule has 1 aromatic rings. The first kappa shape index (κ1) is 16.2. The number of ether oxygens (including phenoxy) is 1. The molecule has 0 spiro atoms. The maximum absolute atomic E-state index is 10.1. The highest BCUT2D eigenvalue weighted by Crippen LogP contribution is 2.17. The van der Waals surface area contributed by atoms with Gasteiger partial charge in [0.05, 0.1) is 0 Å². The minimum Gasteiger partial charge on any atom is -0.491 e. The summed E-state index contributed by atoms with van der Waals surface area (Å²) in [7, 11) is 0. The minimum absolute atomic E-state index is 0.282. The highest BCUT2D eigenvalue weighted by atomic mass is 32.1. The number of likely N-dealkylation sites (tertiary alicyclic amines) is 1. The number of β-amino-alcohol motifs (C(OH)–C–C–N with tert-alkyl or cyclic N) is 1. The van der Waals surface area contributed by atoms with E-state index in [1.54, 1.807) is 6.07 Å². The highest BCUT2D eigenvalue weighted by molar-refractivity contribution is 7.80. The monoisotopic (exact) mass is 308 g/mol. The van der Waals surface area contributed by atoms with Crippen molar-refractivity contribution in [1.82, 2.24) is 4.90 Å². The van der Waals surface area contributed by atoms with E-state index in [2.05, 4.69) is 11.8 Å². The Hall–Kier alpha value is -1.17. The molecule has 0 radical (unpaired) electrons. The second kappa shape index (κ2) is 7.73. The number of nitrogens with two attached hydrogens (primary N) is 1. The third-order valence-electron chi connectivity index (χ3n) is 3.95. The molecule has 1 aliphatic rings. The standard InChI is InChI=1S/C16H24N2O2S/c1-12-5-2-3-8-18(12)10-14(19)11-20-15-7-4-6-13(9-15)16(17)21/h4,6-7,9,12,14,19H,2-3,5,8,10-11H2,1H3,(H2,17,21). The van der Waals surface area contributed by atoms with Gasteiger partial charge in [0.25, 0.3) is 0 Å². The van der Waals surface area contributed by atoms with Gasteiger partial charge in [-0.3, -0.25) is 4.90 Å². The Morgan fingerprint density at radius 3 is 3.05 bits per heavy atom. The van der Waals surface area contributed by atoms with Crippen LogP contribution < -0.4 is 10.5 Å². The van der Waals surface area contributed by atoms with E-state index in [-0.39, 0.29) is 6.61 Å². The first-order valence-electron chi connectivity index (χ1n) is 7.51. The van der Waals surface area contributed by atoms with Crippen LogP contribution in [-0.4, -0.2) is 46.8 Å². The highest BCUT2D eigenvalue weighted by Gasteiger charge is 2.20. The molecule has 3 N–H and O–H groups in total. The fourth-order valence-electron chi connectivity index (χ4n) is 2.68. The zero-order chi connectivity index (χ0) is 15.2. The van der Waals surface area contributed by atoms with Gasteiger partial charge in [-0.25, -0.2) is 0 Å². The van der Waals surface area contributed by atoms with Crippen molar-refractivity contribution in [2.45, 2.75) is 38.3 Å². The van der Waals surface area contributed by atoms with Crippen molar-refractivity contribution in [2.24, 2.45) is 5.73 Å². The fraction of sp³-hybridized carbons (Fsp3) is 0.562. The molecule has 1 fully saturated rings. The predicted molar refractivity (Wildman–Crippen MR) is 88.7 cm³/mol. The van der Waals surface area contributed by atoms with E-state index in [4.69, 9.17) is 22.7 Å². The van der Waals surface area contributed by atoms with Crippen molar-refractivity contribution in [3.05, 3.63) is 29.8 Å². The zero-order valence-electron chi connectivity index (χ0n) is 12.5. The number of thiocarbonyl (C=S) groups is 1. The SMILES string of the molecule is CC1CCCCN1CC(O)COc1cccc(C(N)=S)c1. The number of rotatable bonds is 6. The quantitative estimate of drug-likeness (QED) is 0.787. The Labute approximate surface area is 131 Å². The van der Waals surface area contributed by atoms with Crippen molar-refractivity contribution in [2.75, 3.05) is 19.7 Å². The van der Waals surface area contributed by atoms with E-state index in [1.165, 1.54) is 19.3 Å². The van der Waals surface area contributed by atoms with Crippen LogP contribution in [0, 0.1) is 0 Å². The molecule has 1 aromatic carbocycles. The van der Waals surface area contributed by atoms with Crippen molar-refractivity contribution in [1.29, 1.82) is 0 Å². The average Bonchev–Trinajstić information content (AvgIpc) is 2.48. The molecule has 4 nitrogen and oxygen atoms in total. The zero-order valence-corrected chi connectivity index (χ0v) is 13.3. The van der Waals surface area contributed by atoms with Gasteiger partial charge >= 0.3 is 0 Å². The molecule has 1 saturated heterocycles. The van der Waals surface area contributed by atoms with Crippen molar-refractivity contribution < 1.29 is 9.84 Å². The Balaban J connectivity index is 1.82. The molecular weight excluding hydrogens is 284 g/mol. The summed E-state index contributed by atoms with van der Waals surface area (Å²) in [6.07, 6.45) is 3.23. The molecule has 2 unspecified atom stereocenters. The van der Waals surface area contributed by atoms with E-state index in [0.29, 0.717) is 23.3 Å². The van der Waals surface area contributed by atoms with E-state index in [1.807, 2.05) is 18.2 Å². The Morgan fingerprint density at radius 1 is 1.52 bits per heavy atom. The van der Waals surface area contributed by atoms with Gasteiger partial charge < -0.3 is 15.6 Å². The molecule has 0 amide bonds. The van der Waals surface area contributed by atoms with Gasteiger partial charge in [-0.15, -0.1) is 0 Å². The van der Waals surface area contributed by atoms with Crippen molar-refractivity contribution in [3.63, 3.8) is 0 Å². The summed E-state index contributed by atoms with van der Waals surface area (Å²) in [5.41, 5.74) is 6.38. The molecule has 2 atom stereocenters. The molecule has 0 aliphatic carbocycles. The summed E-state index contributed by atoms with van der Waals surface area (Å²) in [6, 6.07) is 7.90. The molecule has 5 heteroatoms. The van der Waals surface area contributed by atoms with Crippen LogP contribution in [0.1, 0.15) is 31.7 Å². The molecule has 116 valence electrons. The maximum atomic E-state index is 10.1. The fourth-order valence-corrected chi connectivity index (χ4v) is 2.81. The maximum Gasteiger partial charge on any atom is 0.120 e. The van der Waals surface area contributed by atoms with Crippen LogP contribution in [0.15, 0.2) is 24.3 Å². The number of hydrogen-bond acceptors (Lipinski definition) is 4. The van der Waals surface area contributed by atoms with Crippen molar-refractivity contribution >= 4 is 17.2 Å². The van der Waals surface area contributed by atoms with Crippen LogP contribution in [-0.2, 0) is 0 Å². The Morgan fingerprint density at radius 2 is 2.33 bits per heavy atom. The number of aliphatic hydroxyl groups is 1. The first-order chi connectivity index (χ1) is 10.1. The van der Waals surface area contributed by atoms with Crippen molar-refractivity contribution in [3.8, 4) is 5.75 Å². The normalized spacial score (nSPS) is 21.0. The summed E-state index contributed by atoms with van der Waals surface area (Å²) in [5.74, 6) is 0.686. The van der Waals surface area contributed by atoms with Crippen LogP contribution >= 0.6 is 12.2 Å². The lowest BCUT2D eigenvalue weighted by Gasteiger charge is -2.34. The van der Waals surface area contributed by atoms with Gasteiger partial charge in [0.15, 0.2) is 0 Å². The topological polar surface area (TPSA) is 58.7 Å². The lowest BCUT2D eigenvalue weighted by molar-refractivity contribution is 0.0438. The molecule has 21 heavy (non-hydrogen) atoms. The summed E-state index contributed by atoms with van der Waals surface area (Å²) in [5, 5.41) is 10.1. The Kier molecular flexibility index (Phi) is 5.96. The Bertz CT molecular complexity index is 481. The largest absolute Gasteiger partial charge is 0.491 e. The molecule has 1 heterocycles. The lowest BCUT2D eigenvalue weighted by atomic mass is 10.0.